The van der Waals surface area contributed by atoms with Gasteiger partial charge in [-0.15, -0.1) is 13.2 Å². The van der Waals surface area contributed by atoms with Crippen molar-refractivity contribution in [1.29, 1.82) is 0 Å². The molecule has 4 heteroatoms. The Morgan fingerprint density at radius 3 is 2.45 bits per heavy atom. The first-order valence-electron chi connectivity index (χ1n) is 7.78. The van der Waals surface area contributed by atoms with Gasteiger partial charge in [-0.25, -0.2) is 0 Å². The summed E-state index contributed by atoms with van der Waals surface area (Å²) in [6.07, 6.45) is 3.76. The molecular weight excluding hydrogens is 274 g/mol. The number of nitrogens with one attached hydrogen (secondary N) is 1. The quantitative estimate of drug-likeness (QED) is 0.781. The van der Waals surface area contributed by atoms with Crippen LogP contribution in [0.3, 0.4) is 0 Å². The molecule has 1 N–H and O–H groups in total. The Kier molecular flexibility index (Phi) is 6.37. The SMILES string of the molecule is C=CCN(CC=C)Cc1ccccc1C(=O)N1CCNCC1. The fraction of sp³-hybridized carbons (Fsp3) is 0.389. The fourth-order valence-corrected chi connectivity index (χ4v) is 2.71. The van der Waals surface area contributed by atoms with Crippen molar-refractivity contribution in [2.45, 2.75) is 6.54 Å². The van der Waals surface area contributed by atoms with Crippen molar-refractivity contribution < 1.29 is 4.79 Å². The van der Waals surface area contributed by atoms with Gasteiger partial charge in [0.25, 0.3) is 5.91 Å². The molecule has 1 aromatic rings. The Hall–Kier alpha value is -1.91. The molecule has 1 aliphatic heterocycles. The average molecular weight is 299 g/mol. The summed E-state index contributed by atoms with van der Waals surface area (Å²) in [6, 6.07) is 7.89. The van der Waals surface area contributed by atoms with Crippen LogP contribution in [0.1, 0.15) is 15.9 Å². The van der Waals surface area contributed by atoms with Gasteiger partial charge in [-0.1, -0.05) is 30.4 Å². The van der Waals surface area contributed by atoms with Gasteiger partial charge in [0.05, 0.1) is 0 Å². The minimum absolute atomic E-state index is 0.134. The van der Waals surface area contributed by atoms with E-state index in [1.807, 2.05) is 41.3 Å². The molecule has 1 heterocycles. The van der Waals surface area contributed by atoms with Gasteiger partial charge >= 0.3 is 0 Å². The Labute approximate surface area is 133 Å². The zero-order valence-corrected chi connectivity index (χ0v) is 13.1. The number of amides is 1. The minimum Gasteiger partial charge on any atom is -0.336 e. The van der Waals surface area contributed by atoms with Crippen LogP contribution in [0.2, 0.25) is 0 Å². The summed E-state index contributed by atoms with van der Waals surface area (Å²) in [5.74, 6) is 0.134. The van der Waals surface area contributed by atoms with Crippen LogP contribution >= 0.6 is 0 Å². The molecule has 1 amide bonds. The molecule has 22 heavy (non-hydrogen) atoms. The lowest BCUT2D eigenvalue weighted by atomic mass is 10.1. The maximum atomic E-state index is 12.8. The number of piperazine rings is 1. The normalized spacial score (nSPS) is 14.9. The van der Waals surface area contributed by atoms with Crippen molar-refractivity contribution in [3.63, 3.8) is 0 Å². The van der Waals surface area contributed by atoms with Crippen LogP contribution in [0.15, 0.2) is 49.6 Å². The first kappa shape index (κ1) is 16.5. The van der Waals surface area contributed by atoms with Gasteiger partial charge in [0.2, 0.25) is 0 Å². The molecule has 0 bridgehead atoms. The fourth-order valence-electron chi connectivity index (χ4n) is 2.71. The second kappa shape index (κ2) is 8.51. The van der Waals surface area contributed by atoms with E-state index in [0.717, 1.165) is 56.9 Å². The number of benzene rings is 1. The lowest BCUT2D eigenvalue weighted by molar-refractivity contribution is 0.0733. The summed E-state index contributed by atoms with van der Waals surface area (Å²) >= 11 is 0. The summed E-state index contributed by atoms with van der Waals surface area (Å²) in [5, 5.41) is 3.28. The standard InChI is InChI=1S/C18H25N3O/c1-3-11-20(12-4-2)15-16-7-5-6-8-17(16)18(22)21-13-9-19-10-14-21/h3-8,19H,1-2,9-15H2. The van der Waals surface area contributed by atoms with Crippen molar-refractivity contribution in [2.24, 2.45) is 0 Å². The highest BCUT2D eigenvalue weighted by atomic mass is 16.2. The van der Waals surface area contributed by atoms with Crippen molar-refractivity contribution in [2.75, 3.05) is 39.3 Å². The highest BCUT2D eigenvalue weighted by Crippen LogP contribution is 2.15. The van der Waals surface area contributed by atoms with Crippen LogP contribution in [0.5, 0.6) is 0 Å². The molecule has 0 spiro atoms. The third-order valence-corrected chi connectivity index (χ3v) is 3.82. The van der Waals surface area contributed by atoms with E-state index >= 15 is 0 Å². The number of hydrogen-bond acceptors (Lipinski definition) is 3. The minimum atomic E-state index is 0.134. The largest absolute Gasteiger partial charge is 0.336 e. The average Bonchev–Trinajstić information content (AvgIpc) is 2.56. The smallest absolute Gasteiger partial charge is 0.254 e. The zero-order valence-electron chi connectivity index (χ0n) is 13.1. The zero-order chi connectivity index (χ0) is 15.8. The molecule has 0 unspecified atom stereocenters. The van der Waals surface area contributed by atoms with Crippen LogP contribution < -0.4 is 5.32 Å². The van der Waals surface area contributed by atoms with Gasteiger partial charge in [-0.3, -0.25) is 9.69 Å². The first-order chi connectivity index (χ1) is 10.8. The van der Waals surface area contributed by atoms with Gasteiger partial charge in [0.15, 0.2) is 0 Å². The molecule has 0 atom stereocenters. The Morgan fingerprint density at radius 1 is 1.18 bits per heavy atom. The summed E-state index contributed by atoms with van der Waals surface area (Å²) < 4.78 is 0. The highest BCUT2D eigenvalue weighted by Gasteiger charge is 2.20. The van der Waals surface area contributed by atoms with E-state index in [4.69, 9.17) is 0 Å². The predicted molar refractivity (Wildman–Crippen MR) is 90.9 cm³/mol. The number of hydrogen-bond donors (Lipinski definition) is 1. The van der Waals surface area contributed by atoms with Crippen molar-refractivity contribution in [3.05, 3.63) is 60.7 Å². The van der Waals surface area contributed by atoms with E-state index in [9.17, 15) is 4.79 Å². The summed E-state index contributed by atoms with van der Waals surface area (Å²) in [5.41, 5.74) is 1.87. The monoisotopic (exact) mass is 299 g/mol. The van der Waals surface area contributed by atoms with Crippen molar-refractivity contribution >= 4 is 5.91 Å². The molecule has 118 valence electrons. The molecule has 0 radical (unpaired) electrons. The second-order valence-electron chi connectivity index (χ2n) is 5.47. The number of rotatable bonds is 7. The number of nitrogens with zero attached hydrogens (tertiary/aromatic N) is 2. The number of carbonyl (C=O) groups is 1. The van der Waals surface area contributed by atoms with Crippen molar-refractivity contribution in [1.82, 2.24) is 15.1 Å². The third-order valence-electron chi connectivity index (χ3n) is 3.82. The van der Waals surface area contributed by atoms with Gasteiger partial charge in [-0.05, 0) is 11.6 Å². The van der Waals surface area contributed by atoms with E-state index < -0.39 is 0 Å². The van der Waals surface area contributed by atoms with Gasteiger partial charge in [0.1, 0.15) is 0 Å². The molecule has 1 saturated heterocycles. The topological polar surface area (TPSA) is 35.6 Å². The molecule has 2 rings (SSSR count). The molecule has 1 aliphatic rings. The van der Waals surface area contributed by atoms with Gasteiger partial charge < -0.3 is 10.2 Å². The van der Waals surface area contributed by atoms with Crippen LogP contribution in [-0.4, -0.2) is 55.0 Å². The molecule has 0 aromatic heterocycles. The van der Waals surface area contributed by atoms with E-state index in [-0.39, 0.29) is 5.91 Å². The van der Waals surface area contributed by atoms with E-state index in [2.05, 4.69) is 23.4 Å². The van der Waals surface area contributed by atoms with E-state index in [0.29, 0.717) is 0 Å². The Morgan fingerprint density at radius 2 is 1.82 bits per heavy atom. The van der Waals surface area contributed by atoms with E-state index in [1.54, 1.807) is 0 Å². The van der Waals surface area contributed by atoms with Crippen LogP contribution in [0.25, 0.3) is 0 Å². The lowest BCUT2D eigenvalue weighted by Crippen LogP contribution is -2.46. The molecule has 4 nitrogen and oxygen atoms in total. The third kappa shape index (κ3) is 4.29. The van der Waals surface area contributed by atoms with Crippen LogP contribution in [-0.2, 0) is 6.54 Å². The molecule has 1 aromatic carbocycles. The predicted octanol–water partition coefficient (Wildman–Crippen LogP) is 1.91. The van der Waals surface area contributed by atoms with Gasteiger partial charge in [0, 0.05) is 51.4 Å². The van der Waals surface area contributed by atoms with Gasteiger partial charge in [-0.2, -0.15) is 0 Å². The summed E-state index contributed by atoms with van der Waals surface area (Å²) in [7, 11) is 0. The first-order valence-corrected chi connectivity index (χ1v) is 7.78. The Bertz CT molecular complexity index is 511. The Balaban J connectivity index is 2.16. The molecular formula is C18H25N3O. The molecule has 0 aliphatic carbocycles. The lowest BCUT2D eigenvalue weighted by Gasteiger charge is -2.29. The molecule has 0 saturated carbocycles. The second-order valence-corrected chi connectivity index (χ2v) is 5.47. The maximum absolute atomic E-state index is 12.8. The maximum Gasteiger partial charge on any atom is 0.254 e. The van der Waals surface area contributed by atoms with Crippen LogP contribution in [0, 0.1) is 0 Å². The van der Waals surface area contributed by atoms with Crippen LogP contribution in [0.4, 0.5) is 0 Å². The molecule has 1 fully saturated rings. The van der Waals surface area contributed by atoms with E-state index in [1.165, 1.54) is 0 Å². The summed E-state index contributed by atoms with van der Waals surface area (Å²) in [6.45, 7) is 13.2. The number of carbonyl (C=O) groups excluding carboxylic acids is 1. The highest BCUT2D eigenvalue weighted by molar-refractivity contribution is 5.95. The summed E-state index contributed by atoms with van der Waals surface area (Å²) in [4.78, 5) is 16.9. The van der Waals surface area contributed by atoms with Crippen molar-refractivity contribution in [3.8, 4) is 0 Å².